The highest BCUT2D eigenvalue weighted by atomic mass is 35.5. The Morgan fingerprint density at radius 3 is 2.29 bits per heavy atom. The van der Waals surface area contributed by atoms with E-state index in [1.54, 1.807) is 14.2 Å². The first-order valence-electron chi connectivity index (χ1n) is 5.55. The van der Waals surface area contributed by atoms with Crippen molar-refractivity contribution in [3.63, 3.8) is 0 Å². The molecule has 4 heteroatoms. The Morgan fingerprint density at radius 2 is 1.82 bits per heavy atom. The van der Waals surface area contributed by atoms with Crippen molar-refractivity contribution < 1.29 is 14.3 Å². The lowest BCUT2D eigenvalue weighted by atomic mass is 10.0. The fraction of sp³-hybridized carbons (Fsp3) is 0.462. The number of ether oxygens (including phenoxy) is 2. The second-order valence-corrected chi connectivity index (χ2v) is 4.01. The first-order chi connectivity index (χ1) is 8.19. The molecule has 0 aromatic heterocycles. The van der Waals surface area contributed by atoms with Gasteiger partial charge in [-0.3, -0.25) is 0 Å². The fourth-order valence-electron chi connectivity index (χ4n) is 1.83. The predicted molar refractivity (Wildman–Crippen MR) is 68.3 cm³/mol. The number of methoxy groups -OCH3 is 2. The van der Waals surface area contributed by atoms with E-state index < -0.39 is 0 Å². The number of rotatable bonds is 6. The molecule has 0 aliphatic heterocycles. The van der Waals surface area contributed by atoms with Crippen LogP contribution in [0.1, 0.15) is 24.5 Å². The first kappa shape index (κ1) is 13.8. The van der Waals surface area contributed by atoms with Gasteiger partial charge in [-0.05, 0) is 30.0 Å². The Hall–Kier alpha value is -1.22. The summed E-state index contributed by atoms with van der Waals surface area (Å²) in [6.45, 7) is 2.03. The molecule has 0 fully saturated rings. The zero-order chi connectivity index (χ0) is 12.8. The molecule has 1 aromatic carbocycles. The lowest BCUT2D eigenvalue weighted by Gasteiger charge is -2.16. The molecule has 1 rings (SSSR count). The number of halogens is 1. The van der Waals surface area contributed by atoms with Crippen molar-refractivity contribution in [3.8, 4) is 11.5 Å². The van der Waals surface area contributed by atoms with Crippen LogP contribution in [0.15, 0.2) is 6.07 Å². The molecule has 0 saturated carbocycles. The molecule has 3 nitrogen and oxygen atoms in total. The van der Waals surface area contributed by atoms with Crippen LogP contribution in [-0.2, 0) is 17.6 Å². The van der Waals surface area contributed by atoms with Gasteiger partial charge in [-0.2, -0.15) is 0 Å². The van der Waals surface area contributed by atoms with Crippen LogP contribution < -0.4 is 9.47 Å². The van der Waals surface area contributed by atoms with Gasteiger partial charge < -0.3 is 14.3 Å². The van der Waals surface area contributed by atoms with E-state index in [-0.39, 0.29) is 0 Å². The monoisotopic (exact) mass is 256 g/mol. The summed E-state index contributed by atoms with van der Waals surface area (Å²) in [6.07, 6.45) is 2.80. The van der Waals surface area contributed by atoms with Crippen LogP contribution in [0.2, 0.25) is 5.02 Å². The van der Waals surface area contributed by atoms with Crippen molar-refractivity contribution in [2.45, 2.75) is 26.2 Å². The van der Waals surface area contributed by atoms with Gasteiger partial charge in [0.2, 0.25) is 0 Å². The topological polar surface area (TPSA) is 35.5 Å². The van der Waals surface area contributed by atoms with E-state index >= 15 is 0 Å². The number of aryl methyl sites for hydroxylation is 2. The summed E-state index contributed by atoms with van der Waals surface area (Å²) in [5.74, 6) is 1.25. The fourth-order valence-corrected chi connectivity index (χ4v) is 2.23. The minimum Gasteiger partial charge on any atom is -0.495 e. The molecule has 1 aromatic rings. The molecule has 0 heterocycles. The van der Waals surface area contributed by atoms with Crippen molar-refractivity contribution in [1.82, 2.24) is 0 Å². The van der Waals surface area contributed by atoms with Crippen LogP contribution in [0.25, 0.3) is 0 Å². The van der Waals surface area contributed by atoms with Gasteiger partial charge in [-0.1, -0.05) is 18.5 Å². The van der Waals surface area contributed by atoms with Crippen LogP contribution >= 0.6 is 11.6 Å². The van der Waals surface area contributed by atoms with E-state index in [2.05, 4.69) is 0 Å². The van der Waals surface area contributed by atoms with Gasteiger partial charge in [0, 0.05) is 6.42 Å². The average Bonchev–Trinajstić information content (AvgIpc) is 2.35. The van der Waals surface area contributed by atoms with Crippen molar-refractivity contribution >= 4 is 17.9 Å². The summed E-state index contributed by atoms with van der Waals surface area (Å²) in [5.41, 5.74) is 1.97. The average molecular weight is 257 g/mol. The third kappa shape index (κ3) is 2.91. The number of hydrogen-bond acceptors (Lipinski definition) is 3. The van der Waals surface area contributed by atoms with E-state index in [0.29, 0.717) is 29.4 Å². The Bertz CT molecular complexity index is 402. The van der Waals surface area contributed by atoms with Crippen LogP contribution in [0, 0.1) is 0 Å². The molecule has 0 aliphatic carbocycles. The van der Waals surface area contributed by atoms with Crippen LogP contribution in [-0.4, -0.2) is 20.5 Å². The molecule has 0 unspecified atom stereocenters. The highest BCUT2D eigenvalue weighted by Gasteiger charge is 2.16. The van der Waals surface area contributed by atoms with Gasteiger partial charge in [0.1, 0.15) is 22.8 Å². The maximum Gasteiger partial charge on any atom is 0.144 e. The van der Waals surface area contributed by atoms with E-state index in [1.807, 2.05) is 13.0 Å². The van der Waals surface area contributed by atoms with Gasteiger partial charge in [0.05, 0.1) is 14.2 Å². The zero-order valence-corrected chi connectivity index (χ0v) is 11.1. The van der Waals surface area contributed by atoms with Crippen molar-refractivity contribution in [1.29, 1.82) is 0 Å². The Balaban J connectivity index is 3.28. The lowest BCUT2D eigenvalue weighted by Crippen LogP contribution is -2.00. The summed E-state index contributed by atoms with van der Waals surface area (Å²) in [5, 5.41) is 0.482. The van der Waals surface area contributed by atoms with Gasteiger partial charge in [0.25, 0.3) is 0 Å². The van der Waals surface area contributed by atoms with E-state index in [0.717, 1.165) is 23.8 Å². The standard InChI is InChI=1S/C13H17ClO3/c1-4-9-8-10(6-5-7-15)13(17-3)11(14)12(9)16-2/h7-8H,4-6H2,1-3H3. The summed E-state index contributed by atoms with van der Waals surface area (Å²) in [6, 6.07) is 1.99. The molecule has 0 atom stereocenters. The maximum absolute atomic E-state index is 10.4. The molecule has 0 bridgehead atoms. The SMILES string of the molecule is CCc1cc(CCC=O)c(OC)c(Cl)c1OC. The predicted octanol–water partition coefficient (Wildman–Crippen LogP) is 3.05. The molecule has 0 aliphatic rings. The van der Waals surface area contributed by atoms with E-state index in [9.17, 15) is 4.79 Å². The minimum absolute atomic E-state index is 0.460. The lowest BCUT2D eigenvalue weighted by molar-refractivity contribution is -0.107. The van der Waals surface area contributed by atoms with Crippen molar-refractivity contribution in [2.24, 2.45) is 0 Å². The molecule has 0 amide bonds. The zero-order valence-electron chi connectivity index (χ0n) is 10.4. The van der Waals surface area contributed by atoms with E-state index in [4.69, 9.17) is 21.1 Å². The summed E-state index contributed by atoms with van der Waals surface area (Å²) in [4.78, 5) is 10.4. The Kier molecular flexibility index (Phi) is 5.29. The third-order valence-corrected chi connectivity index (χ3v) is 2.99. The van der Waals surface area contributed by atoms with E-state index in [1.165, 1.54) is 0 Å². The second-order valence-electron chi connectivity index (χ2n) is 3.63. The molecule has 0 radical (unpaired) electrons. The van der Waals surface area contributed by atoms with Gasteiger partial charge in [0.15, 0.2) is 0 Å². The van der Waals surface area contributed by atoms with Crippen LogP contribution in [0.3, 0.4) is 0 Å². The van der Waals surface area contributed by atoms with Crippen LogP contribution in [0.4, 0.5) is 0 Å². The Morgan fingerprint density at radius 1 is 1.24 bits per heavy atom. The third-order valence-electron chi connectivity index (χ3n) is 2.65. The molecular weight excluding hydrogens is 240 g/mol. The second kappa shape index (κ2) is 6.50. The summed E-state index contributed by atoms with van der Waals surface area (Å²) >= 11 is 6.24. The first-order valence-corrected chi connectivity index (χ1v) is 5.93. The maximum atomic E-state index is 10.4. The largest absolute Gasteiger partial charge is 0.495 e. The molecule has 0 spiro atoms. The molecule has 17 heavy (non-hydrogen) atoms. The van der Waals surface area contributed by atoms with Gasteiger partial charge >= 0.3 is 0 Å². The molecule has 0 saturated heterocycles. The quantitative estimate of drug-likeness (QED) is 0.734. The minimum atomic E-state index is 0.460. The Labute approximate surface area is 107 Å². The number of carbonyl (C=O) groups is 1. The highest BCUT2D eigenvalue weighted by molar-refractivity contribution is 6.33. The molecule has 94 valence electrons. The highest BCUT2D eigenvalue weighted by Crippen LogP contribution is 2.40. The number of aldehydes is 1. The summed E-state index contributed by atoms with van der Waals surface area (Å²) in [7, 11) is 3.15. The molecular formula is C13H17ClO3. The number of benzene rings is 1. The van der Waals surface area contributed by atoms with Gasteiger partial charge in [-0.25, -0.2) is 0 Å². The molecule has 0 N–H and O–H groups in total. The van der Waals surface area contributed by atoms with Crippen molar-refractivity contribution in [3.05, 3.63) is 22.2 Å². The summed E-state index contributed by atoms with van der Waals surface area (Å²) < 4.78 is 10.6. The van der Waals surface area contributed by atoms with Crippen LogP contribution in [0.5, 0.6) is 11.5 Å². The normalized spacial score (nSPS) is 10.1. The van der Waals surface area contributed by atoms with Gasteiger partial charge in [-0.15, -0.1) is 0 Å². The number of carbonyl (C=O) groups excluding carboxylic acids is 1. The number of hydrogen-bond donors (Lipinski definition) is 0. The smallest absolute Gasteiger partial charge is 0.144 e. The van der Waals surface area contributed by atoms with Crippen molar-refractivity contribution in [2.75, 3.05) is 14.2 Å².